The third-order valence-electron chi connectivity index (χ3n) is 3.29. The number of amides is 1. The van der Waals surface area contributed by atoms with Gasteiger partial charge in [-0.3, -0.25) is 4.79 Å². The number of carbonyl (C=O) groups is 1. The van der Waals surface area contributed by atoms with Crippen molar-refractivity contribution in [3.8, 4) is 0 Å². The van der Waals surface area contributed by atoms with Gasteiger partial charge in [0, 0.05) is 26.1 Å². The first-order valence-corrected chi connectivity index (χ1v) is 6.23. The van der Waals surface area contributed by atoms with Crippen LogP contribution in [-0.2, 0) is 6.42 Å². The van der Waals surface area contributed by atoms with Crippen molar-refractivity contribution in [3.05, 3.63) is 23.7 Å². The highest BCUT2D eigenvalue weighted by molar-refractivity contribution is 5.91. The minimum absolute atomic E-state index is 0.0529. The van der Waals surface area contributed by atoms with Crippen LogP contribution in [0.5, 0.6) is 0 Å². The maximum atomic E-state index is 12.1. The molecule has 1 aromatic rings. The lowest BCUT2D eigenvalue weighted by molar-refractivity contribution is 0.0588. The molecule has 0 radical (unpaired) electrons. The van der Waals surface area contributed by atoms with E-state index in [0.29, 0.717) is 12.3 Å². The summed E-state index contributed by atoms with van der Waals surface area (Å²) in [5.74, 6) is 1.42. The summed E-state index contributed by atoms with van der Waals surface area (Å²) in [6.45, 7) is 3.55. The second-order valence-electron chi connectivity index (χ2n) is 4.56. The Kier molecular flexibility index (Phi) is 3.84. The summed E-state index contributed by atoms with van der Waals surface area (Å²) >= 11 is 0. The van der Waals surface area contributed by atoms with Crippen LogP contribution in [0.15, 0.2) is 16.5 Å². The van der Waals surface area contributed by atoms with Crippen molar-refractivity contribution in [2.45, 2.75) is 26.2 Å². The summed E-state index contributed by atoms with van der Waals surface area (Å²) in [6.07, 6.45) is 2.75. The number of piperidine rings is 1. The molecule has 2 heterocycles. The zero-order chi connectivity index (χ0) is 12.3. The van der Waals surface area contributed by atoms with E-state index in [1.54, 1.807) is 11.0 Å². The number of rotatable bonds is 3. The maximum absolute atomic E-state index is 12.1. The minimum Gasteiger partial charge on any atom is -0.456 e. The lowest BCUT2D eigenvalue weighted by Crippen LogP contribution is -2.40. The number of aliphatic hydroxyl groups is 1. The SMILES string of the molecule is CCc1ccc(C(=O)N2CCCC(CO)C2)o1. The van der Waals surface area contributed by atoms with Gasteiger partial charge in [-0.1, -0.05) is 6.92 Å². The third kappa shape index (κ3) is 2.69. The van der Waals surface area contributed by atoms with E-state index >= 15 is 0 Å². The molecule has 1 atom stereocenters. The lowest BCUT2D eigenvalue weighted by atomic mass is 9.99. The first kappa shape index (κ1) is 12.2. The van der Waals surface area contributed by atoms with Crippen LogP contribution in [0, 0.1) is 5.92 Å². The van der Waals surface area contributed by atoms with Gasteiger partial charge in [-0.2, -0.15) is 0 Å². The zero-order valence-electron chi connectivity index (χ0n) is 10.2. The lowest BCUT2D eigenvalue weighted by Gasteiger charge is -2.31. The molecule has 1 aromatic heterocycles. The van der Waals surface area contributed by atoms with E-state index in [4.69, 9.17) is 9.52 Å². The van der Waals surface area contributed by atoms with Gasteiger partial charge in [-0.25, -0.2) is 0 Å². The predicted octanol–water partition coefficient (Wildman–Crippen LogP) is 1.69. The van der Waals surface area contributed by atoms with Crippen molar-refractivity contribution >= 4 is 5.91 Å². The summed E-state index contributed by atoms with van der Waals surface area (Å²) in [5.41, 5.74) is 0. The Balaban J connectivity index is 2.03. The first-order valence-electron chi connectivity index (χ1n) is 6.23. The normalized spacial score (nSPS) is 20.6. The van der Waals surface area contributed by atoms with Crippen molar-refractivity contribution in [2.24, 2.45) is 5.92 Å². The van der Waals surface area contributed by atoms with E-state index in [-0.39, 0.29) is 18.4 Å². The molecule has 0 aliphatic carbocycles. The summed E-state index contributed by atoms with van der Waals surface area (Å²) in [7, 11) is 0. The molecule has 1 unspecified atom stereocenters. The Morgan fingerprint density at radius 1 is 1.59 bits per heavy atom. The summed E-state index contributed by atoms with van der Waals surface area (Å²) < 4.78 is 5.46. The van der Waals surface area contributed by atoms with Crippen molar-refractivity contribution in [1.82, 2.24) is 4.90 Å². The topological polar surface area (TPSA) is 53.7 Å². The molecule has 0 spiro atoms. The molecule has 1 fully saturated rings. The highest BCUT2D eigenvalue weighted by Gasteiger charge is 2.25. The molecule has 0 saturated carbocycles. The van der Waals surface area contributed by atoms with Crippen molar-refractivity contribution < 1.29 is 14.3 Å². The van der Waals surface area contributed by atoms with Crippen molar-refractivity contribution in [1.29, 1.82) is 0 Å². The fourth-order valence-electron chi connectivity index (χ4n) is 2.24. The number of hydrogen-bond acceptors (Lipinski definition) is 3. The monoisotopic (exact) mass is 237 g/mol. The second-order valence-corrected chi connectivity index (χ2v) is 4.56. The summed E-state index contributed by atoms with van der Waals surface area (Å²) in [4.78, 5) is 13.9. The van der Waals surface area contributed by atoms with Gasteiger partial charge in [0.1, 0.15) is 5.76 Å². The average molecular weight is 237 g/mol. The number of carbonyl (C=O) groups excluding carboxylic acids is 1. The van der Waals surface area contributed by atoms with E-state index in [1.165, 1.54) is 0 Å². The molecule has 4 heteroatoms. The molecular weight excluding hydrogens is 218 g/mol. The molecule has 1 amide bonds. The summed E-state index contributed by atoms with van der Waals surface area (Å²) in [5, 5.41) is 9.14. The smallest absolute Gasteiger partial charge is 0.289 e. The van der Waals surface area contributed by atoms with Crippen LogP contribution in [0.3, 0.4) is 0 Å². The third-order valence-corrected chi connectivity index (χ3v) is 3.29. The molecule has 0 aromatic carbocycles. The van der Waals surface area contributed by atoms with Gasteiger partial charge in [0.25, 0.3) is 5.91 Å². The number of aryl methyl sites for hydroxylation is 1. The minimum atomic E-state index is -0.0529. The van der Waals surface area contributed by atoms with E-state index in [9.17, 15) is 4.79 Å². The molecule has 2 rings (SSSR count). The van der Waals surface area contributed by atoms with Crippen LogP contribution in [0.2, 0.25) is 0 Å². The molecule has 1 aliphatic rings. The molecule has 1 aliphatic heterocycles. The van der Waals surface area contributed by atoms with Crippen LogP contribution in [0.25, 0.3) is 0 Å². The van der Waals surface area contributed by atoms with Gasteiger partial charge in [0.2, 0.25) is 0 Å². The quantitative estimate of drug-likeness (QED) is 0.870. The average Bonchev–Trinajstić information content (AvgIpc) is 2.86. The van der Waals surface area contributed by atoms with Crippen LogP contribution < -0.4 is 0 Å². The van der Waals surface area contributed by atoms with Crippen LogP contribution in [0.4, 0.5) is 0 Å². The van der Waals surface area contributed by atoms with Gasteiger partial charge >= 0.3 is 0 Å². The molecule has 0 bridgehead atoms. The highest BCUT2D eigenvalue weighted by Crippen LogP contribution is 2.19. The van der Waals surface area contributed by atoms with Gasteiger partial charge < -0.3 is 14.4 Å². The Morgan fingerprint density at radius 3 is 3.06 bits per heavy atom. The van der Waals surface area contributed by atoms with Crippen LogP contribution in [0.1, 0.15) is 36.1 Å². The standard InChI is InChI=1S/C13H19NO3/c1-2-11-5-6-12(17-11)13(16)14-7-3-4-10(8-14)9-15/h5-6,10,15H,2-4,7-9H2,1H3. The molecule has 94 valence electrons. The number of hydrogen-bond donors (Lipinski definition) is 1. The largest absolute Gasteiger partial charge is 0.456 e. The number of aliphatic hydroxyl groups excluding tert-OH is 1. The fraction of sp³-hybridized carbons (Fsp3) is 0.615. The van der Waals surface area contributed by atoms with E-state index in [1.807, 2.05) is 13.0 Å². The van der Waals surface area contributed by atoms with E-state index < -0.39 is 0 Å². The molecule has 1 saturated heterocycles. The number of likely N-dealkylation sites (tertiary alicyclic amines) is 1. The maximum Gasteiger partial charge on any atom is 0.289 e. The molecular formula is C13H19NO3. The van der Waals surface area contributed by atoms with Crippen molar-refractivity contribution in [2.75, 3.05) is 19.7 Å². The fourth-order valence-corrected chi connectivity index (χ4v) is 2.24. The first-order chi connectivity index (χ1) is 8.24. The Labute approximate surface area is 101 Å². The second kappa shape index (κ2) is 5.36. The van der Waals surface area contributed by atoms with E-state index in [2.05, 4.69) is 0 Å². The highest BCUT2D eigenvalue weighted by atomic mass is 16.4. The van der Waals surface area contributed by atoms with Crippen LogP contribution in [-0.4, -0.2) is 35.6 Å². The van der Waals surface area contributed by atoms with Crippen LogP contribution >= 0.6 is 0 Å². The predicted molar refractivity (Wildman–Crippen MR) is 63.8 cm³/mol. The molecule has 17 heavy (non-hydrogen) atoms. The Morgan fingerprint density at radius 2 is 2.41 bits per heavy atom. The Bertz CT molecular complexity index is 386. The molecule has 4 nitrogen and oxygen atoms in total. The summed E-state index contributed by atoms with van der Waals surface area (Å²) in [6, 6.07) is 3.59. The zero-order valence-corrected chi connectivity index (χ0v) is 10.2. The van der Waals surface area contributed by atoms with Gasteiger partial charge in [-0.05, 0) is 30.9 Å². The van der Waals surface area contributed by atoms with E-state index in [0.717, 1.165) is 31.6 Å². The van der Waals surface area contributed by atoms with Gasteiger partial charge in [0.05, 0.1) is 0 Å². The van der Waals surface area contributed by atoms with Crippen molar-refractivity contribution in [3.63, 3.8) is 0 Å². The Hall–Kier alpha value is -1.29. The number of furan rings is 1. The van der Waals surface area contributed by atoms with Gasteiger partial charge in [-0.15, -0.1) is 0 Å². The molecule has 1 N–H and O–H groups in total. The number of nitrogens with zero attached hydrogens (tertiary/aromatic N) is 1. The van der Waals surface area contributed by atoms with Gasteiger partial charge in [0.15, 0.2) is 5.76 Å².